The molecule has 1 heterocycles. The van der Waals surface area contributed by atoms with E-state index in [9.17, 15) is 0 Å². The summed E-state index contributed by atoms with van der Waals surface area (Å²) < 4.78 is 5.57. The van der Waals surface area contributed by atoms with Crippen LogP contribution in [-0.2, 0) is 0 Å². The van der Waals surface area contributed by atoms with Gasteiger partial charge in [-0.25, -0.2) is 0 Å². The Hall–Kier alpha value is -1.49. The Morgan fingerprint density at radius 3 is 2.75 bits per heavy atom. The standard InChI is InChI=1S/C11H13N3OS/c12-11-14-13-9(8-16-11)6-7-15-10-4-2-1-3-5-10/h1-5H,6-8H2,(H2,12,14). The zero-order valence-electron chi connectivity index (χ0n) is 8.80. The zero-order valence-corrected chi connectivity index (χ0v) is 9.61. The second-order valence-corrected chi connectivity index (χ2v) is 4.30. The van der Waals surface area contributed by atoms with Gasteiger partial charge in [-0.3, -0.25) is 0 Å². The number of hydrogen-bond donors (Lipinski definition) is 1. The van der Waals surface area contributed by atoms with Crippen molar-refractivity contribution in [3.05, 3.63) is 30.3 Å². The fraction of sp³-hybridized carbons (Fsp3) is 0.273. The summed E-state index contributed by atoms with van der Waals surface area (Å²) >= 11 is 1.51. The highest BCUT2D eigenvalue weighted by Crippen LogP contribution is 2.11. The third-order valence-corrected chi connectivity index (χ3v) is 2.93. The van der Waals surface area contributed by atoms with Gasteiger partial charge in [0.25, 0.3) is 0 Å². The van der Waals surface area contributed by atoms with Crippen LogP contribution in [0.1, 0.15) is 6.42 Å². The molecule has 0 unspecified atom stereocenters. The molecule has 0 fully saturated rings. The smallest absolute Gasteiger partial charge is 0.180 e. The second-order valence-electron chi connectivity index (χ2n) is 3.30. The number of ether oxygens (including phenoxy) is 1. The van der Waals surface area contributed by atoms with E-state index in [1.165, 1.54) is 11.8 Å². The van der Waals surface area contributed by atoms with Gasteiger partial charge in [0.05, 0.1) is 12.3 Å². The molecule has 0 amide bonds. The van der Waals surface area contributed by atoms with E-state index in [-0.39, 0.29) is 0 Å². The first kappa shape index (κ1) is 11.0. The molecular weight excluding hydrogens is 222 g/mol. The van der Waals surface area contributed by atoms with Crippen molar-refractivity contribution in [1.82, 2.24) is 0 Å². The van der Waals surface area contributed by atoms with Gasteiger partial charge in [-0.1, -0.05) is 30.0 Å². The molecule has 0 radical (unpaired) electrons. The molecule has 2 rings (SSSR count). The van der Waals surface area contributed by atoms with Gasteiger partial charge in [0.15, 0.2) is 5.17 Å². The van der Waals surface area contributed by atoms with E-state index in [1.807, 2.05) is 30.3 Å². The Balaban J connectivity index is 1.77. The van der Waals surface area contributed by atoms with Crippen LogP contribution in [0.15, 0.2) is 40.5 Å². The first-order chi connectivity index (χ1) is 7.84. The maximum atomic E-state index is 5.57. The summed E-state index contributed by atoms with van der Waals surface area (Å²) in [7, 11) is 0. The average molecular weight is 235 g/mol. The molecule has 16 heavy (non-hydrogen) atoms. The molecule has 0 aromatic heterocycles. The number of benzene rings is 1. The van der Waals surface area contributed by atoms with Crippen molar-refractivity contribution < 1.29 is 4.74 Å². The monoisotopic (exact) mass is 235 g/mol. The molecule has 1 aliphatic rings. The number of nitrogens with two attached hydrogens (primary N) is 1. The Kier molecular flexibility index (Phi) is 3.82. The van der Waals surface area contributed by atoms with Crippen LogP contribution in [0, 0.1) is 0 Å². The summed E-state index contributed by atoms with van der Waals surface area (Å²) in [4.78, 5) is 0. The summed E-state index contributed by atoms with van der Waals surface area (Å²) in [6, 6.07) is 9.75. The minimum atomic E-state index is 0.535. The Morgan fingerprint density at radius 2 is 2.06 bits per heavy atom. The third-order valence-electron chi connectivity index (χ3n) is 2.08. The molecule has 4 nitrogen and oxygen atoms in total. The largest absolute Gasteiger partial charge is 0.493 e. The SMILES string of the molecule is NC1=NN=C(CCOc2ccccc2)CS1. The van der Waals surface area contributed by atoms with Gasteiger partial charge in [-0.2, -0.15) is 5.10 Å². The van der Waals surface area contributed by atoms with E-state index < -0.39 is 0 Å². The van der Waals surface area contributed by atoms with E-state index in [0.717, 1.165) is 23.6 Å². The van der Waals surface area contributed by atoms with E-state index in [0.29, 0.717) is 11.8 Å². The molecule has 0 spiro atoms. The van der Waals surface area contributed by atoms with Crippen molar-refractivity contribution in [2.45, 2.75) is 6.42 Å². The molecule has 5 heteroatoms. The summed E-state index contributed by atoms with van der Waals surface area (Å²) in [6.07, 6.45) is 0.790. The van der Waals surface area contributed by atoms with Gasteiger partial charge in [0.1, 0.15) is 5.75 Å². The lowest BCUT2D eigenvalue weighted by atomic mass is 10.3. The van der Waals surface area contributed by atoms with E-state index >= 15 is 0 Å². The molecule has 0 saturated carbocycles. The quantitative estimate of drug-likeness (QED) is 0.866. The lowest BCUT2D eigenvalue weighted by Crippen LogP contribution is -2.17. The number of nitrogens with zero attached hydrogens (tertiary/aromatic N) is 2. The molecule has 0 aliphatic carbocycles. The summed E-state index contributed by atoms with van der Waals surface area (Å²) in [5.74, 6) is 1.70. The number of rotatable bonds is 4. The second kappa shape index (κ2) is 5.55. The fourth-order valence-electron chi connectivity index (χ4n) is 1.26. The number of para-hydroxylation sites is 1. The molecule has 1 aromatic rings. The van der Waals surface area contributed by atoms with Crippen LogP contribution in [0.3, 0.4) is 0 Å². The predicted molar refractivity (Wildman–Crippen MR) is 68.1 cm³/mol. The van der Waals surface area contributed by atoms with Crippen LogP contribution in [0.25, 0.3) is 0 Å². The van der Waals surface area contributed by atoms with Gasteiger partial charge < -0.3 is 10.5 Å². The van der Waals surface area contributed by atoms with Gasteiger partial charge in [-0.15, -0.1) is 5.10 Å². The summed E-state index contributed by atoms with van der Waals surface area (Å²) in [5, 5.41) is 8.38. The van der Waals surface area contributed by atoms with Crippen LogP contribution >= 0.6 is 11.8 Å². The van der Waals surface area contributed by atoms with Crippen molar-refractivity contribution in [2.75, 3.05) is 12.4 Å². The Bertz CT molecular complexity index is 403. The molecular formula is C11H13N3OS. The first-order valence-corrected chi connectivity index (χ1v) is 6.02. The normalized spacial score (nSPS) is 15.2. The lowest BCUT2D eigenvalue weighted by molar-refractivity contribution is 0.329. The average Bonchev–Trinajstić information content (AvgIpc) is 2.33. The number of hydrogen-bond acceptors (Lipinski definition) is 5. The van der Waals surface area contributed by atoms with Crippen molar-refractivity contribution in [2.24, 2.45) is 15.9 Å². The molecule has 2 N–H and O–H groups in total. The molecule has 0 saturated heterocycles. The Labute approximate surface area is 98.6 Å². The van der Waals surface area contributed by atoms with Crippen molar-refractivity contribution in [3.8, 4) is 5.75 Å². The van der Waals surface area contributed by atoms with Gasteiger partial charge in [-0.05, 0) is 12.1 Å². The number of amidine groups is 1. The lowest BCUT2D eigenvalue weighted by Gasteiger charge is -2.09. The van der Waals surface area contributed by atoms with Crippen molar-refractivity contribution in [1.29, 1.82) is 0 Å². The van der Waals surface area contributed by atoms with Gasteiger partial charge in [0, 0.05) is 12.2 Å². The van der Waals surface area contributed by atoms with Gasteiger partial charge >= 0.3 is 0 Å². The van der Waals surface area contributed by atoms with Crippen molar-refractivity contribution in [3.63, 3.8) is 0 Å². The maximum Gasteiger partial charge on any atom is 0.180 e. The molecule has 0 bridgehead atoms. The topological polar surface area (TPSA) is 60.0 Å². The zero-order chi connectivity index (χ0) is 11.2. The first-order valence-electron chi connectivity index (χ1n) is 5.04. The van der Waals surface area contributed by atoms with Crippen LogP contribution in [0.5, 0.6) is 5.75 Å². The van der Waals surface area contributed by atoms with Gasteiger partial charge in [0.2, 0.25) is 0 Å². The minimum absolute atomic E-state index is 0.535. The highest BCUT2D eigenvalue weighted by atomic mass is 32.2. The Morgan fingerprint density at radius 1 is 1.25 bits per heavy atom. The van der Waals surface area contributed by atoms with Crippen molar-refractivity contribution >= 4 is 22.6 Å². The molecule has 84 valence electrons. The highest BCUT2D eigenvalue weighted by molar-refractivity contribution is 8.14. The molecule has 1 aromatic carbocycles. The molecule has 1 aliphatic heterocycles. The maximum absolute atomic E-state index is 5.57. The minimum Gasteiger partial charge on any atom is -0.493 e. The van der Waals surface area contributed by atoms with Crippen LogP contribution < -0.4 is 10.5 Å². The van der Waals surface area contributed by atoms with E-state index in [2.05, 4.69) is 10.2 Å². The predicted octanol–water partition coefficient (Wildman–Crippen LogP) is 1.87. The van der Waals surface area contributed by atoms with E-state index in [1.54, 1.807) is 0 Å². The summed E-state index contributed by atoms with van der Waals surface area (Å²) in [5.41, 5.74) is 6.51. The fourth-order valence-corrected chi connectivity index (χ4v) is 1.88. The summed E-state index contributed by atoms with van der Waals surface area (Å²) in [6.45, 7) is 0.624. The molecule has 0 atom stereocenters. The third kappa shape index (κ3) is 3.27. The van der Waals surface area contributed by atoms with Crippen LogP contribution in [0.4, 0.5) is 0 Å². The number of thioether (sulfide) groups is 1. The highest BCUT2D eigenvalue weighted by Gasteiger charge is 2.07. The van der Waals surface area contributed by atoms with Crippen LogP contribution in [0.2, 0.25) is 0 Å². The van der Waals surface area contributed by atoms with E-state index in [4.69, 9.17) is 10.5 Å². The van der Waals surface area contributed by atoms with Crippen LogP contribution in [-0.4, -0.2) is 23.2 Å².